The molecule has 8 heteroatoms. The fourth-order valence-electron chi connectivity index (χ4n) is 3.73. The first-order valence-electron chi connectivity index (χ1n) is 10.4. The summed E-state index contributed by atoms with van der Waals surface area (Å²) in [5, 5.41) is 12.2. The Bertz CT molecular complexity index is 872. The Morgan fingerprint density at radius 3 is 2.72 bits per heavy atom. The Hall–Kier alpha value is -1.93. The molecule has 158 valence electrons. The molecule has 0 aromatic carbocycles. The van der Waals surface area contributed by atoms with Crippen LogP contribution in [0, 0.1) is 6.92 Å². The summed E-state index contributed by atoms with van der Waals surface area (Å²) in [7, 11) is 0. The number of rotatable bonds is 6. The number of ether oxygens (including phenoxy) is 1. The summed E-state index contributed by atoms with van der Waals surface area (Å²) in [4.78, 5) is 14.0. The molecule has 0 radical (unpaired) electrons. The van der Waals surface area contributed by atoms with Gasteiger partial charge in [-0.15, -0.1) is 11.3 Å². The molecule has 1 aliphatic rings. The molecule has 0 fully saturated rings. The van der Waals surface area contributed by atoms with E-state index in [9.17, 15) is 4.79 Å². The highest BCUT2D eigenvalue weighted by atomic mass is 32.1. The molecule has 2 aromatic rings. The number of nitrogens with zero attached hydrogens (tertiary/aromatic N) is 2. The molecule has 0 saturated heterocycles. The van der Waals surface area contributed by atoms with Crippen molar-refractivity contribution in [3.63, 3.8) is 0 Å². The Kier molecular flexibility index (Phi) is 7.66. The number of hydrogen-bond donors (Lipinski definition) is 2. The molecule has 2 heterocycles. The Balaban J connectivity index is 1.76. The van der Waals surface area contributed by atoms with Gasteiger partial charge in [-0.25, -0.2) is 4.79 Å². The van der Waals surface area contributed by atoms with E-state index in [-0.39, 0.29) is 5.97 Å². The highest BCUT2D eigenvalue weighted by Crippen LogP contribution is 2.37. The molecule has 0 amide bonds. The van der Waals surface area contributed by atoms with E-state index >= 15 is 0 Å². The van der Waals surface area contributed by atoms with Gasteiger partial charge in [-0.3, -0.25) is 4.68 Å². The molecule has 6 nitrogen and oxygen atoms in total. The van der Waals surface area contributed by atoms with Crippen LogP contribution in [-0.2, 0) is 30.7 Å². The normalized spacial score (nSPS) is 13.9. The summed E-state index contributed by atoms with van der Waals surface area (Å²) >= 11 is 7.17. The van der Waals surface area contributed by atoms with Gasteiger partial charge in [0.1, 0.15) is 5.00 Å². The quantitative estimate of drug-likeness (QED) is 0.512. The maximum atomic E-state index is 12.7. The van der Waals surface area contributed by atoms with E-state index in [4.69, 9.17) is 17.0 Å². The molecule has 2 aromatic heterocycles. The fourth-order valence-corrected chi connectivity index (χ4v) is 5.25. The number of nitrogens with one attached hydrogen (secondary N) is 2. The van der Waals surface area contributed by atoms with Gasteiger partial charge in [0.25, 0.3) is 0 Å². The lowest BCUT2D eigenvalue weighted by Crippen LogP contribution is -2.28. The van der Waals surface area contributed by atoms with E-state index in [2.05, 4.69) is 29.6 Å². The number of fused-ring (bicyclic) bond motifs is 1. The van der Waals surface area contributed by atoms with Crippen LogP contribution >= 0.6 is 23.6 Å². The van der Waals surface area contributed by atoms with E-state index in [1.165, 1.54) is 24.1 Å². The molecular weight excluding hydrogens is 404 g/mol. The van der Waals surface area contributed by atoms with Crippen LogP contribution < -0.4 is 10.6 Å². The molecule has 2 N–H and O–H groups in total. The standard InChI is InChI=1S/C21H30N4O2S2/c1-4-25-14(3)15(13-23-25)12-22-21(28)24-19-18(20(26)27-5-2)16-10-8-6-7-9-11-17(16)29-19/h13H,4-12H2,1-3H3,(H2,22,24,28). The van der Waals surface area contributed by atoms with E-state index in [0.717, 1.165) is 47.6 Å². The van der Waals surface area contributed by atoms with Gasteiger partial charge in [-0.2, -0.15) is 5.10 Å². The summed E-state index contributed by atoms with van der Waals surface area (Å²) in [6.07, 6.45) is 8.55. The van der Waals surface area contributed by atoms with Crippen molar-refractivity contribution >= 4 is 39.6 Å². The van der Waals surface area contributed by atoms with Gasteiger partial charge in [0.2, 0.25) is 0 Å². The smallest absolute Gasteiger partial charge is 0.341 e. The molecular formula is C21H30N4O2S2. The van der Waals surface area contributed by atoms with Crippen LogP contribution in [0.4, 0.5) is 5.00 Å². The van der Waals surface area contributed by atoms with Crippen LogP contribution in [0.2, 0.25) is 0 Å². The minimum atomic E-state index is -0.254. The molecule has 1 aliphatic carbocycles. The summed E-state index contributed by atoms with van der Waals surface area (Å²) in [6, 6.07) is 0. The Morgan fingerprint density at radius 2 is 2.03 bits per heavy atom. The number of carbonyl (C=O) groups excluding carboxylic acids is 1. The van der Waals surface area contributed by atoms with Crippen molar-refractivity contribution in [3.8, 4) is 0 Å². The number of thiophene rings is 1. The van der Waals surface area contributed by atoms with Crippen LogP contribution in [-0.4, -0.2) is 27.5 Å². The van der Waals surface area contributed by atoms with Crippen LogP contribution in [0.25, 0.3) is 0 Å². The van der Waals surface area contributed by atoms with Crippen molar-refractivity contribution in [1.29, 1.82) is 0 Å². The number of carbonyl (C=O) groups is 1. The average Bonchev–Trinajstić information content (AvgIpc) is 3.19. The number of anilines is 1. The van der Waals surface area contributed by atoms with Gasteiger partial charge in [0, 0.05) is 29.2 Å². The summed E-state index contributed by atoms with van der Waals surface area (Å²) in [5.41, 5.74) is 4.07. The number of aromatic nitrogens is 2. The third kappa shape index (κ3) is 5.17. The fraction of sp³-hybridized carbons (Fsp3) is 0.571. The maximum Gasteiger partial charge on any atom is 0.341 e. The summed E-state index contributed by atoms with van der Waals surface area (Å²) < 4.78 is 7.32. The number of hydrogen-bond acceptors (Lipinski definition) is 5. The first kappa shape index (κ1) is 21.8. The van der Waals surface area contributed by atoms with Crippen LogP contribution in [0.1, 0.15) is 71.6 Å². The Labute approximate surface area is 182 Å². The molecule has 0 unspecified atom stereocenters. The van der Waals surface area contributed by atoms with Crippen molar-refractivity contribution in [2.45, 2.75) is 72.4 Å². The highest BCUT2D eigenvalue weighted by molar-refractivity contribution is 7.80. The second-order valence-electron chi connectivity index (χ2n) is 7.22. The molecule has 0 aliphatic heterocycles. The maximum absolute atomic E-state index is 12.7. The molecule has 0 atom stereocenters. The van der Waals surface area contributed by atoms with Crippen molar-refractivity contribution < 1.29 is 9.53 Å². The molecule has 0 saturated carbocycles. The highest BCUT2D eigenvalue weighted by Gasteiger charge is 2.25. The van der Waals surface area contributed by atoms with Crippen LogP contribution in [0.15, 0.2) is 6.20 Å². The van der Waals surface area contributed by atoms with Crippen molar-refractivity contribution in [1.82, 2.24) is 15.1 Å². The first-order chi connectivity index (χ1) is 14.0. The van der Waals surface area contributed by atoms with Gasteiger partial charge in [0.05, 0.1) is 18.4 Å². The van der Waals surface area contributed by atoms with Gasteiger partial charge in [0.15, 0.2) is 5.11 Å². The predicted molar refractivity (Wildman–Crippen MR) is 122 cm³/mol. The number of esters is 1. The van der Waals surface area contributed by atoms with E-state index in [1.807, 2.05) is 17.8 Å². The average molecular weight is 435 g/mol. The van der Waals surface area contributed by atoms with E-state index in [1.54, 1.807) is 11.3 Å². The number of thiocarbonyl (C=S) groups is 1. The predicted octanol–water partition coefficient (Wildman–Crippen LogP) is 4.60. The van der Waals surface area contributed by atoms with Crippen molar-refractivity contribution in [2.75, 3.05) is 11.9 Å². The van der Waals surface area contributed by atoms with Gasteiger partial charge >= 0.3 is 5.97 Å². The monoisotopic (exact) mass is 434 g/mol. The lowest BCUT2D eigenvalue weighted by molar-refractivity contribution is 0.0526. The van der Waals surface area contributed by atoms with Crippen LogP contribution in [0.5, 0.6) is 0 Å². The van der Waals surface area contributed by atoms with Gasteiger partial charge in [-0.05, 0) is 64.2 Å². The van der Waals surface area contributed by atoms with Gasteiger partial charge in [-0.1, -0.05) is 12.8 Å². The number of aryl methyl sites for hydroxylation is 2. The second-order valence-corrected chi connectivity index (χ2v) is 8.73. The lowest BCUT2D eigenvalue weighted by Gasteiger charge is -2.12. The minimum Gasteiger partial charge on any atom is -0.462 e. The van der Waals surface area contributed by atoms with Gasteiger partial charge < -0.3 is 15.4 Å². The first-order valence-corrected chi connectivity index (χ1v) is 11.6. The zero-order valence-corrected chi connectivity index (χ0v) is 19.1. The van der Waals surface area contributed by atoms with E-state index < -0.39 is 0 Å². The van der Waals surface area contributed by atoms with Crippen molar-refractivity contribution in [3.05, 3.63) is 33.5 Å². The topological polar surface area (TPSA) is 68.2 Å². The third-order valence-corrected chi connectivity index (χ3v) is 6.78. The van der Waals surface area contributed by atoms with E-state index in [0.29, 0.717) is 23.8 Å². The SMILES string of the molecule is CCOC(=O)c1c(NC(=S)NCc2cnn(CC)c2C)sc2c1CCCCCC2. The minimum absolute atomic E-state index is 0.254. The molecule has 0 bridgehead atoms. The zero-order chi connectivity index (χ0) is 20.8. The summed E-state index contributed by atoms with van der Waals surface area (Å²) in [6.45, 7) is 7.78. The second kappa shape index (κ2) is 10.2. The Morgan fingerprint density at radius 1 is 1.28 bits per heavy atom. The summed E-state index contributed by atoms with van der Waals surface area (Å²) in [5.74, 6) is -0.254. The van der Waals surface area contributed by atoms with Crippen molar-refractivity contribution in [2.24, 2.45) is 0 Å². The lowest BCUT2D eigenvalue weighted by atomic mass is 9.96. The largest absolute Gasteiger partial charge is 0.462 e. The molecule has 3 rings (SSSR count). The third-order valence-electron chi connectivity index (χ3n) is 5.32. The van der Waals surface area contributed by atoms with Crippen LogP contribution in [0.3, 0.4) is 0 Å². The molecule has 0 spiro atoms. The molecule has 29 heavy (non-hydrogen) atoms. The zero-order valence-electron chi connectivity index (χ0n) is 17.5.